The SMILES string of the molecule is C=CCc1ccccc1OCC#CCNC(=O)C1CC(=O)N(c2cccc(OC)c2)C1. The van der Waals surface area contributed by atoms with Crippen LogP contribution in [0.5, 0.6) is 11.5 Å². The molecule has 1 atom stereocenters. The molecule has 1 N–H and O–H groups in total. The van der Waals surface area contributed by atoms with E-state index in [9.17, 15) is 9.59 Å². The van der Waals surface area contributed by atoms with E-state index >= 15 is 0 Å². The Balaban J connectivity index is 1.45. The van der Waals surface area contributed by atoms with E-state index in [1.54, 1.807) is 18.1 Å². The summed E-state index contributed by atoms with van der Waals surface area (Å²) in [5.41, 5.74) is 1.78. The molecule has 6 heteroatoms. The van der Waals surface area contributed by atoms with Crippen molar-refractivity contribution in [1.29, 1.82) is 0 Å². The van der Waals surface area contributed by atoms with Crippen LogP contribution in [0.2, 0.25) is 0 Å². The summed E-state index contributed by atoms with van der Waals surface area (Å²) in [6.07, 6.45) is 2.73. The van der Waals surface area contributed by atoms with Gasteiger partial charge < -0.3 is 19.7 Å². The van der Waals surface area contributed by atoms with E-state index in [2.05, 4.69) is 23.7 Å². The van der Waals surface area contributed by atoms with Gasteiger partial charge in [-0.25, -0.2) is 0 Å². The normalized spacial score (nSPS) is 15.1. The standard InChI is InChI=1S/C25H26N2O4/c1-3-9-19-10-4-5-13-23(19)31-15-7-6-14-26-25(29)20-16-24(28)27(18-20)21-11-8-12-22(17-21)30-2/h3-5,8,10-13,17,20H,1,9,14-16,18H2,2H3,(H,26,29). The van der Waals surface area contributed by atoms with Gasteiger partial charge in [0.05, 0.1) is 19.6 Å². The molecule has 160 valence electrons. The van der Waals surface area contributed by atoms with Gasteiger partial charge in [0.2, 0.25) is 11.8 Å². The molecule has 1 saturated heterocycles. The summed E-state index contributed by atoms with van der Waals surface area (Å²) < 4.78 is 10.9. The van der Waals surface area contributed by atoms with Gasteiger partial charge in [0.1, 0.15) is 18.1 Å². The van der Waals surface area contributed by atoms with Crippen LogP contribution < -0.4 is 19.7 Å². The number of carbonyl (C=O) groups excluding carboxylic acids is 2. The molecular formula is C25H26N2O4. The van der Waals surface area contributed by atoms with Crippen LogP contribution >= 0.6 is 0 Å². The maximum atomic E-state index is 12.4. The second-order valence-electron chi connectivity index (χ2n) is 7.07. The minimum Gasteiger partial charge on any atom is -0.497 e. The third-order valence-corrected chi connectivity index (χ3v) is 4.97. The smallest absolute Gasteiger partial charge is 0.227 e. The Morgan fingerprint density at radius 2 is 2.10 bits per heavy atom. The van der Waals surface area contributed by atoms with Crippen LogP contribution in [0.1, 0.15) is 12.0 Å². The first kappa shape index (κ1) is 22.0. The second kappa shape index (κ2) is 10.9. The number of ether oxygens (including phenoxy) is 2. The highest BCUT2D eigenvalue weighted by Crippen LogP contribution is 2.27. The highest BCUT2D eigenvalue weighted by molar-refractivity contribution is 6.00. The summed E-state index contributed by atoms with van der Waals surface area (Å²) in [6, 6.07) is 15.0. The maximum absolute atomic E-state index is 12.4. The van der Waals surface area contributed by atoms with Crippen LogP contribution in [0, 0.1) is 17.8 Å². The van der Waals surface area contributed by atoms with Crippen LogP contribution in [0.25, 0.3) is 0 Å². The van der Waals surface area contributed by atoms with Gasteiger partial charge in [0.25, 0.3) is 0 Å². The average Bonchev–Trinajstić information content (AvgIpc) is 3.19. The Bertz CT molecular complexity index is 1010. The minimum absolute atomic E-state index is 0.0777. The van der Waals surface area contributed by atoms with E-state index in [1.807, 2.05) is 48.5 Å². The van der Waals surface area contributed by atoms with Gasteiger partial charge in [-0.1, -0.05) is 42.2 Å². The molecule has 0 saturated carbocycles. The van der Waals surface area contributed by atoms with Crippen molar-refractivity contribution in [3.8, 4) is 23.3 Å². The number of nitrogens with one attached hydrogen (secondary N) is 1. The molecule has 3 rings (SSSR count). The number of nitrogens with zero attached hydrogens (tertiary/aromatic N) is 1. The van der Waals surface area contributed by atoms with Crippen molar-refractivity contribution in [2.24, 2.45) is 5.92 Å². The van der Waals surface area contributed by atoms with Crippen LogP contribution in [-0.4, -0.2) is 38.6 Å². The molecule has 1 fully saturated rings. The Kier molecular flexibility index (Phi) is 7.72. The number of allylic oxidation sites excluding steroid dienone is 1. The summed E-state index contributed by atoms with van der Waals surface area (Å²) in [4.78, 5) is 26.4. The summed E-state index contributed by atoms with van der Waals surface area (Å²) in [6.45, 7) is 4.53. The zero-order chi connectivity index (χ0) is 22.1. The summed E-state index contributed by atoms with van der Waals surface area (Å²) >= 11 is 0. The zero-order valence-corrected chi connectivity index (χ0v) is 17.6. The molecule has 2 aromatic carbocycles. The van der Waals surface area contributed by atoms with E-state index in [-0.39, 0.29) is 31.4 Å². The third kappa shape index (κ3) is 5.89. The number of hydrogen-bond acceptors (Lipinski definition) is 4. The second-order valence-corrected chi connectivity index (χ2v) is 7.07. The summed E-state index contributed by atoms with van der Waals surface area (Å²) in [5, 5.41) is 2.79. The van der Waals surface area contributed by atoms with Crippen molar-refractivity contribution in [2.45, 2.75) is 12.8 Å². The summed E-state index contributed by atoms with van der Waals surface area (Å²) in [5.74, 6) is 6.59. The maximum Gasteiger partial charge on any atom is 0.227 e. The van der Waals surface area contributed by atoms with Gasteiger partial charge in [0, 0.05) is 24.7 Å². The molecule has 0 spiro atoms. The molecule has 1 unspecified atom stereocenters. The van der Waals surface area contributed by atoms with Crippen LogP contribution in [0.3, 0.4) is 0 Å². The number of carbonyl (C=O) groups is 2. The first-order valence-electron chi connectivity index (χ1n) is 10.1. The molecular weight excluding hydrogens is 392 g/mol. The fraction of sp³-hybridized carbons (Fsp3) is 0.280. The predicted molar refractivity (Wildman–Crippen MR) is 120 cm³/mol. The Morgan fingerprint density at radius 1 is 1.26 bits per heavy atom. The lowest BCUT2D eigenvalue weighted by atomic mass is 10.1. The molecule has 2 aromatic rings. The first-order chi connectivity index (χ1) is 15.1. The van der Waals surface area contributed by atoms with Crippen molar-refractivity contribution in [2.75, 3.05) is 31.7 Å². The molecule has 6 nitrogen and oxygen atoms in total. The largest absolute Gasteiger partial charge is 0.497 e. The van der Waals surface area contributed by atoms with Crippen molar-refractivity contribution in [3.63, 3.8) is 0 Å². The first-order valence-corrected chi connectivity index (χ1v) is 10.1. The van der Waals surface area contributed by atoms with Crippen LogP contribution in [0.15, 0.2) is 61.2 Å². The number of anilines is 1. The predicted octanol–water partition coefficient (Wildman–Crippen LogP) is 2.98. The number of para-hydroxylation sites is 1. The Morgan fingerprint density at radius 3 is 2.90 bits per heavy atom. The van der Waals surface area contributed by atoms with Crippen molar-refractivity contribution in [1.82, 2.24) is 5.32 Å². The van der Waals surface area contributed by atoms with Gasteiger partial charge in [-0.2, -0.15) is 0 Å². The number of amides is 2. The minimum atomic E-state index is -0.400. The zero-order valence-electron chi connectivity index (χ0n) is 17.6. The Hall–Kier alpha value is -3.72. The molecule has 1 aliphatic rings. The fourth-order valence-electron chi connectivity index (χ4n) is 3.38. The van der Waals surface area contributed by atoms with E-state index in [4.69, 9.17) is 9.47 Å². The highest BCUT2D eigenvalue weighted by atomic mass is 16.5. The van der Waals surface area contributed by atoms with Gasteiger partial charge in [-0.3, -0.25) is 9.59 Å². The van der Waals surface area contributed by atoms with Crippen LogP contribution in [-0.2, 0) is 16.0 Å². The monoisotopic (exact) mass is 418 g/mol. The molecule has 31 heavy (non-hydrogen) atoms. The molecule has 0 bridgehead atoms. The lowest BCUT2D eigenvalue weighted by molar-refractivity contribution is -0.126. The van der Waals surface area contributed by atoms with Crippen molar-refractivity contribution < 1.29 is 19.1 Å². The third-order valence-electron chi connectivity index (χ3n) is 4.97. The molecule has 0 aromatic heterocycles. The molecule has 0 radical (unpaired) electrons. The molecule has 1 aliphatic heterocycles. The quantitative estimate of drug-likeness (QED) is 0.529. The van der Waals surface area contributed by atoms with Crippen LogP contribution in [0.4, 0.5) is 5.69 Å². The lowest BCUT2D eigenvalue weighted by Crippen LogP contribution is -2.33. The average molecular weight is 418 g/mol. The Labute approximate surface area is 182 Å². The topological polar surface area (TPSA) is 67.9 Å². The fourth-order valence-corrected chi connectivity index (χ4v) is 3.38. The van der Waals surface area contributed by atoms with Crippen molar-refractivity contribution >= 4 is 17.5 Å². The van der Waals surface area contributed by atoms with Crippen molar-refractivity contribution in [3.05, 3.63) is 66.7 Å². The van der Waals surface area contributed by atoms with Gasteiger partial charge >= 0.3 is 0 Å². The van der Waals surface area contributed by atoms with E-state index in [1.165, 1.54) is 0 Å². The van der Waals surface area contributed by atoms with Gasteiger partial charge in [-0.15, -0.1) is 6.58 Å². The lowest BCUT2D eigenvalue weighted by Gasteiger charge is -2.17. The molecule has 0 aliphatic carbocycles. The number of benzene rings is 2. The number of methoxy groups -OCH3 is 1. The van der Waals surface area contributed by atoms with E-state index in [0.29, 0.717) is 12.3 Å². The number of rotatable bonds is 8. The highest BCUT2D eigenvalue weighted by Gasteiger charge is 2.35. The summed E-state index contributed by atoms with van der Waals surface area (Å²) in [7, 11) is 1.58. The molecule has 2 amide bonds. The van der Waals surface area contributed by atoms with E-state index < -0.39 is 5.92 Å². The molecule has 1 heterocycles. The van der Waals surface area contributed by atoms with E-state index in [0.717, 1.165) is 23.4 Å². The van der Waals surface area contributed by atoms with Gasteiger partial charge in [-0.05, 0) is 30.2 Å². The number of hydrogen-bond donors (Lipinski definition) is 1. The van der Waals surface area contributed by atoms with Gasteiger partial charge in [0.15, 0.2) is 0 Å².